The van der Waals surface area contributed by atoms with E-state index in [2.05, 4.69) is 15.5 Å². The topological polar surface area (TPSA) is 110 Å². The zero-order chi connectivity index (χ0) is 20.1. The van der Waals surface area contributed by atoms with Crippen LogP contribution in [0.15, 0.2) is 53.3 Å². The Hall–Kier alpha value is -3.68. The minimum Gasteiger partial charge on any atom is -0.497 e. The molecule has 0 saturated heterocycles. The maximum Gasteiger partial charge on any atom is 0.360 e. The molecule has 8 nitrogen and oxygen atoms in total. The van der Waals surface area contributed by atoms with Crippen molar-refractivity contribution in [2.24, 2.45) is 0 Å². The van der Waals surface area contributed by atoms with Crippen LogP contribution >= 0.6 is 0 Å². The first-order valence-electron chi connectivity index (χ1n) is 8.58. The molecule has 1 aromatic heterocycles. The highest BCUT2D eigenvalue weighted by Gasteiger charge is 2.22. The van der Waals surface area contributed by atoms with E-state index < -0.39 is 23.5 Å². The maximum absolute atomic E-state index is 12.4. The molecule has 0 fully saturated rings. The Morgan fingerprint density at radius 2 is 1.79 bits per heavy atom. The van der Waals surface area contributed by atoms with Gasteiger partial charge in [-0.25, -0.2) is 9.89 Å². The molecule has 8 heteroatoms. The number of aromatic nitrogens is 2. The molecule has 0 aliphatic heterocycles. The second-order valence-corrected chi connectivity index (χ2v) is 6.06. The number of carbonyl (C=O) groups is 2. The fourth-order valence-corrected chi connectivity index (χ4v) is 2.62. The number of methoxy groups -OCH3 is 1. The van der Waals surface area contributed by atoms with E-state index in [9.17, 15) is 14.4 Å². The molecule has 1 heterocycles. The Balaban J connectivity index is 1.64. The summed E-state index contributed by atoms with van der Waals surface area (Å²) in [6.45, 7) is 1.75. The average molecular weight is 381 g/mol. The number of nitrogens with one attached hydrogen (secondary N) is 2. The SMILES string of the molecule is COc1ccc(CNC(=O)[C@@H](C)OC(=O)c2n[nH]c(=O)c3ccccc23)cc1. The van der Waals surface area contributed by atoms with Crippen molar-refractivity contribution in [3.8, 4) is 5.75 Å². The Kier molecular flexibility index (Phi) is 5.69. The van der Waals surface area contributed by atoms with Crippen LogP contribution in [0.1, 0.15) is 23.0 Å². The Morgan fingerprint density at radius 3 is 2.46 bits per heavy atom. The number of amides is 1. The Labute approximate surface area is 160 Å². The predicted octanol–water partition coefficient (Wildman–Crippen LogP) is 1.79. The largest absolute Gasteiger partial charge is 0.497 e. The number of fused-ring (bicyclic) bond motifs is 1. The van der Waals surface area contributed by atoms with Crippen LogP contribution in [0.5, 0.6) is 5.75 Å². The Bertz CT molecular complexity index is 1060. The van der Waals surface area contributed by atoms with Crippen molar-refractivity contribution in [1.29, 1.82) is 0 Å². The third-order valence-electron chi connectivity index (χ3n) is 4.17. The van der Waals surface area contributed by atoms with Gasteiger partial charge in [-0.2, -0.15) is 5.10 Å². The molecular weight excluding hydrogens is 362 g/mol. The van der Waals surface area contributed by atoms with Crippen LogP contribution in [0.25, 0.3) is 10.8 Å². The second kappa shape index (κ2) is 8.34. The smallest absolute Gasteiger partial charge is 0.360 e. The first-order chi connectivity index (χ1) is 13.5. The van der Waals surface area contributed by atoms with E-state index in [0.29, 0.717) is 10.8 Å². The molecule has 0 saturated carbocycles. The number of ether oxygens (including phenoxy) is 2. The number of benzene rings is 2. The molecule has 28 heavy (non-hydrogen) atoms. The van der Waals surface area contributed by atoms with E-state index in [4.69, 9.17) is 9.47 Å². The summed E-state index contributed by atoms with van der Waals surface area (Å²) in [5, 5.41) is 9.43. The van der Waals surface area contributed by atoms with Gasteiger partial charge in [0.1, 0.15) is 5.75 Å². The van der Waals surface area contributed by atoms with Gasteiger partial charge in [0.25, 0.3) is 11.5 Å². The van der Waals surface area contributed by atoms with E-state index in [-0.39, 0.29) is 12.2 Å². The molecule has 0 aliphatic rings. The van der Waals surface area contributed by atoms with Crippen molar-refractivity contribution >= 4 is 22.6 Å². The van der Waals surface area contributed by atoms with Gasteiger partial charge in [0.05, 0.1) is 12.5 Å². The highest BCUT2D eigenvalue weighted by Crippen LogP contribution is 2.14. The summed E-state index contributed by atoms with van der Waals surface area (Å²) in [4.78, 5) is 36.5. The van der Waals surface area contributed by atoms with Gasteiger partial charge in [0.15, 0.2) is 11.8 Å². The van der Waals surface area contributed by atoms with E-state index >= 15 is 0 Å². The minimum atomic E-state index is -1.03. The second-order valence-electron chi connectivity index (χ2n) is 6.06. The van der Waals surface area contributed by atoms with Crippen LogP contribution in [-0.2, 0) is 16.1 Å². The summed E-state index contributed by atoms with van der Waals surface area (Å²) in [6.07, 6.45) is -1.03. The number of aromatic amines is 1. The van der Waals surface area contributed by atoms with Gasteiger partial charge >= 0.3 is 5.97 Å². The van der Waals surface area contributed by atoms with Gasteiger partial charge in [0.2, 0.25) is 0 Å². The average Bonchev–Trinajstić information content (AvgIpc) is 2.72. The summed E-state index contributed by atoms with van der Waals surface area (Å²) >= 11 is 0. The molecule has 3 rings (SSSR count). The molecular formula is C20H19N3O5. The number of esters is 1. The van der Waals surface area contributed by atoms with Gasteiger partial charge in [-0.05, 0) is 30.7 Å². The third kappa shape index (κ3) is 4.17. The van der Waals surface area contributed by atoms with E-state index in [1.54, 1.807) is 43.5 Å². The molecule has 0 aliphatic carbocycles. The lowest BCUT2D eigenvalue weighted by Gasteiger charge is -2.14. The van der Waals surface area contributed by atoms with Gasteiger partial charge in [-0.3, -0.25) is 9.59 Å². The van der Waals surface area contributed by atoms with E-state index in [1.807, 2.05) is 12.1 Å². The van der Waals surface area contributed by atoms with Crippen LogP contribution in [0.3, 0.4) is 0 Å². The van der Waals surface area contributed by atoms with Crippen molar-refractivity contribution in [2.45, 2.75) is 19.6 Å². The van der Waals surface area contributed by atoms with Crippen LogP contribution in [0.2, 0.25) is 0 Å². The zero-order valence-electron chi connectivity index (χ0n) is 15.4. The van der Waals surface area contributed by atoms with Crippen LogP contribution < -0.4 is 15.6 Å². The molecule has 2 aromatic carbocycles. The molecule has 0 spiro atoms. The lowest BCUT2D eigenvalue weighted by atomic mass is 10.1. The third-order valence-corrected chi connectivity index (χ3v) is 4.17. The number of carbonyl (C=O) groups excluding carboxylic acids is 2. The fourth-order valence-electron chi connectivity index (χ4n) is 2.62. The summed E-state index contributed by atoms with van der Waals surface area (Å²) < 4.78 is 10.3. The molecule has 144 valence electrons. The zero-order valence-corrected chi connectivity index (χ0v) is 15.4. The van der Waals surface area contributed by atoms with Gasteiger partial charge < -0.3 is 14.8 Å². The van der Waals surface area contributed by atoms with Crippen molar-refractivity contribution in [2.75, 3.05) is 7.11 Å². The molecule has 1 atom stereocenters. The molecule has 0 unspecified atom stereocenters. The number of rotatable bonds is 6. The summed E-state index contributed by atoms with van der Waals surface area (Å²) in [5.74, 6) is -0.518. The standard InChI is InChI=1S/C20H19N3O5/c1-12(18(24)21-11-13-7-9-14(27-2)10-8-13)28-20(26)17-15-5-3-4-6-16(15)19(25)23-22-17/h3-10,12H,11H2,1-2H3,(H,21,24)(H,23,25)/t12-/m1/s1. The van der Waals surface area contributed by atoms with Crippen molar-refractivity contribution in [3.05, 3.63) is 70.1 Å². The predicted molar refractivity (Wildman–Crippen MR) is 102 cm³/mol. The van der Waals surface area contributed by atoms with E-state index in [1.165, 1.54) is 6.92 Å². The number of nitrogens with zero attached hydrogens (tertiary/aromatic N) is 1. The maximum atomic E-state index is 12.4. The molecule has 3 aromatic rings. The lowest BCUT2D eigenvalue weighted by Crippen LogP contribution is -2.35. The molecule has 2 N–H and O–H groups in total. The normalized spacial score (nSPS) is 11.6. The monoisotopic (exact) mass is 381 g/mol. The van der Waals surface area contributed by atoms with Gasteiger partial charge in [-0.1, -0.05) is 30.3 Å². The van der Waals surface area contributed by atoms with Gasteiger partial charge in [-0.15, -0.1) is 0 Å². The first-order valence-corrected chi connectivity index (χ1v) is 8.58. The van der Waals surface area contributed by atoms with E-state index in [0.717, 1.165) is 11.3 Å². The molecule has 0 bridgehead atoms. The quantitative estimate of drug-likeness (QED) is 0.630. The van der Waals surface area contributed by atoms with Crippen LogP contribution in [0, 0.1) is 0 Å². The summed E-state index contributed by atoms with van der Waals surface area (Å²) in [7, 11) is 1.58. The summed E-state index contributed by atoms with van der Waals surface area (Å²) in [5.41, 5.74) is 0.420. The van der Waals surface area contributed by atoms with Crippen molar-refractivity contribution in [1.82, 2.24) is 15.5 Å². The Morgan fingerprint density at radius 1 is 1.11 bits per heavy atom. The van der Waals surface area contributed by atoms with Crippen molar-refractivity contribution in [3.63, 3.8) is 0 Å². The fraction of sp³-hybridized carbons (Fsp3) is 0.200. The minimum absolute atomic E-state index is 0.0509. The highest BCUT2D eigenvalue weighted by atomic mass is 16.5. The highest BCUT2D eigenvalue weighted by molar-refractivity contribution is 6.02. The van der Waals surface area contributed by atoms with Gasteiger partial charge in [0, 0.05) is 11.9 Å². The van der Waals surface area contributed by atoms with Crippen LogP contribution in [0.4, 0.5) is 0 Å². The summed E-state index contributed by atoms with van der Waals surface area (Å²) in [6, 6.07) is 13.8. The first kappa shape index (κ1) is 19.1. The lowest BCUT2D eigenvalue weighted by molar-refractivity contribution is -0.129. The van der Waals surface area contributed by atoms with Crippen LogP contribution in [-0.4, -0.2) is 35.3 Å². The number of H-pyrrole nitrogens is 1. The molecule has 1 amide bonds. The number of hydrogen-bond donors (Lipinski definition) is 2. The van der Waals surface area contributed by atoms with Crippen molar-refractivity contribution < 1.29 is 19.1 Å². The molecule has 0 radical (unpaired) electrons. The number of hydrogen-bond acceptors (Lipinski definition) is 6.